The molecule has 0 heterocycles. The van der Waals surface area contributed by atoms with Crippen LogP contribution in [0, 0.1) is 6.92 Å². The van der Waals surface area contributed by atoms with Gasteiger partial charge in [-0.3, -0.25) is 0 Å². The lowest BCUT2D eigenvalue weighted by atomic mass is 10.0. The molecule has 3 aromatic carbocycles. The van der Waals surface area contributed by atoms with E-state index >= 15 is 0 Å². The normalized spacial score (nSPS) is 9.52. The lowest BCUT2D eigenvalue weighted by Gasteiger charge is -2.06. The molecule has 0 fully saturated rings. The molecule has 0 spiro atoms. The monoisotopic (exact) mass is 356 g/mol. The summed E-state index contributed by atoms with van der Waals surface area (Å²) in [4.78, 5) is 4.91. The molecule has 0 saturated heterocycles. The lowest BCUT2D eigenvalue weighted by Crippen LogP contribution is -1.86. The molecule has 2 nitrogen and oxygen atoms in total. The molecule has 3 aromatic rings. The van der Waals surface area contributed by atoms with Crippen molar-refractivity contribution in [1.29, 1.82) is 0 Å². The first-order valence-electron chi connectivity index (χ1n) is 8.77. The first-order chi connectivity index (χ1) is 12.2. The van der Waals surface area contributed by atoms with Crippen LogP contribution >= 0.6 is 12.9 Å². The third kappa shape index (κ3) is 6.45. The summed E-state index contributed by atoms with van der Waals surface area (Å²) < 4.78 is 4.38. The Kier molecular flexibility index (Phi) is 9.75. The molecule has 134 valence electrons. The average Bonchev–Trinajstić information content (AvgIpc) is 2.64. The summed E-state index contributed by atoms with van der Waals surface area (Å²) in [6.07, 6.45) is 1.25. The van der Waals surface area contributed by atoms with Crippen LogP contribution in [-0.4, -0.2) is 0 Å². The SMILES string of the molecule is CC.CCC.Cc1ccc(-c2ccc3cc(OOS)ccc3c2)cc1. The van der Waals surface area contributed by atoms with Gasteiger partial charge in [0, 0.05) is 12.9 Å². The number of rotatable bonds is 3. The second-order valence-electron chi connectivity index (χ2n) is 5.45. The molecule has 0 N–H and O–H groups in total. The molecule has 0 aliphatic rings. The zero-order chi connectivity index (χ0) is 18.7. The molecule has 0 saturated carbocycles. The van der Waals surface area contributed by atoms with Crippen LogP contribution in [-0.2, 0) is 4.33 Å². The third-order valence-corrected chi connectivity index (χ3v) is 3.40. The van der Waals surface area contributed by atoms with Crippen molar-refractivity contribution in [3.8, 4) is 16.9 Å². The molecule has 0 atom stereocenters. The Balaban J connectivity index is 0.000000567. The lowest BCUT2D eigenvalue weighted by molar-refractivity contribution is -0.0740. The van der Waals surface area contributed by atoms with Gasteiger partial charge < -0.3 is 4.89 Å². The van der Waals surface area contributed by atoms with Crippen LogP contribution in [0.3, 0.4) is 0 Å². The number of benzene rings is 3. The predicted molar refractivity (Wildman–Crippen MR) is 112 cm³/mol. The molecule has 0 radical (unpaired) electrons. The summed E-state index contributed by atoms with van der Waals surface area (Å²) in [5.74, 6) is 0.635. The van der Waals surface area contributed by atoms with Crippen LogP contribution in [0.25, 0.3) is 21.9 Å². The Morgan fingerprint density at radius 1 is 0.760 bits per heavy atom. The minimum Gasteiger partial charge on any atom is -0.325 e. The highest BCUT2D eigenvalue weighted by atomic mass is 32.1. The van der Waals surface area contributed by atoms with Gasteiger partial charge in [-0.05, 0) is 47.0 Å². The van der Waals surface area contributed by atoms with E-state index in [0.29, 0.717) is 5.75 Å². The number of thiol groups is 1. The minimum atomic E-state index is 0.635. The Bertz CT molecular complexity index is 752. The topological polar surface area (TPSA) is 18.5 Å². The van der Waals surface area contributed by atoms with Crippen molar-refractivity contribution in [2.24, 2.45) is 0 Å². The maximum Gasteiger partial charge on any atom is 0.167 e. The zero-order valence-corrected chi connectivity index (χ0v) is 16.6. The second kappa shape index (κ2) is 11.6. The maximum absolute atomic E-state index is 4.91. The van der Waals surface area contributed by atoms with E-state index in [1.807, 2.05) is 32.0 Å². The molecule has 25 heavy (non-hydrogen) atoms. The van der Waals surface area contributed by atoms with Crippen LogP contribution < -0.4 is 4.89 Å². The van der Waals surface area contributed by atoms with Gasteiger partial charge in [0.05, 0.1) is 0 Å². The van der Waals surface area contributed by atoms with Crippen LogP contribution in [0.15, 0.2) is 60.7 Å². The van der Waals surface area contributed by atoms with E-state index in [1.54, 1.807) is 0 Å². The summed E-state index contributed by atoms with van der Waals surface area (Å²) in [7, 11) is 0. The highest BCUT2D eigenvalue weighted by molar-refractivity contribution is 7.74. The van der Waals surface area contributed by atoms with Crippen LogP contribution in [0.5, 0.6) is 5.75 Å². The predicted octanol–water partition coefficient (Wildman–Crippen LogP) is 7.41. The molecule has 0 aliphatic carbocycles. The van der Waals surface area contributed by atoms with Gasteiger partial charge in [-0.25, -0.2) is 0 Å². The molecule has 3 rings (SSSR count). The van der Waals surface area contributed by atoms with Gasteiger partial charge in [0.15, 0.2) is 5.75 Å². The summed E-state index contributed by atoms with van der Waals surface area (Å²) in [6.45, 7) is 10.3. The van der Waals surface area contributed by atoms with E-state index in [9.17, 15) is 0 Å². The fourth-order valence-electron chi connectivity index (χ4n) is 2.24. The van der Waals surface area contributed by atoms with Gasteiger partial charge in [0.2, 0.25) is 0 Å². The second-order valence-corrected chi connectivity index (χ2v) is 5.60. The molecule has 0 aromatic heterocycles. The molecule has 0 amide bonds. The molecular weight excluding hydrogens is 328 g/mol. The number of aryl methyl sites for hydroxylation is 1. The van der Waals surface area contributed by atoms with Crippen molar-refractivity contribution in [3.63, 3.8) is 0 Å². The van der Waals surface area contributed by atoms with Gasteiger partial charge in [-0.1, -0.05) is 82.1 Å². The Morgan fingerprint density at radius 3 is 1.88 bits per heavy atom. The van der Waals surface area contributed by atoms with Crippen molar-refractivity contribution in [3.05, 3.63) is 66.2 Å². The molecular formula is C22H28O2S. The van der Waals surface area contributed by atoms with Crippen molar-refractivity contribution in [2.45, 2.75) is 41.0 Å². The van der Waals surface area contributed by atoms with E-state index in [0.717, 1.165) is 10.8 Å². The highest BCUT2D eigenvalue weighted by Gasteiger charge is 2.02. The van der Waals surface area contributed by atoms with E-state index < -0.39 is 0 Å². The van der Waals surface area contributed by atoms with Crippen LogP contribution in [0.1, 0.15) is 39.7 Å². The quantitative estimate of drug-likeness (QED) is 0.228. The Hall–Kier alpha value is -1.97. The minimum absolute atomic E-state index is 0.635. The van der Waals surface area contributed by atoms with E-state index in [-0.39, 0.29) is 0 Å². The third-order valence-electron chi connectivity index (χ3n) is 3.33. The average molecular weight is 357 g/mol. The molecule has 0 bridgehead atoms. The van der Waals surface area contributed by atoms with E-state index in [1.165, 1.54) is 23.1 Å². The van der Waals surface area contributed by atoms with Gasteiger partial charge in [0.25, 0.3) is 0 Å². The van der Waals surface area contributed by atoms with E-state index in [2.05, 4.69) is 80.5 Å². The smallest absolute Gasteiger partial charge is 0.167 e. The maximum atomic E-state index is 4.91. The zero-order valence-electron chi connectivity index (χ0n) is 15.7. The summed E-state index contributed by atoms with van der Waals surface area (Å²) in [5, 5.41) is 2.26. The van der Waals surface area contributed by atoms with Gasteiger partial charge >= 0.3 is 0 Å². The van der Waals surface area contributed by atoms with Crippen LogP contribution in [0.4, 0.5) is 0 Å². The fraction of sp³-hybridized carbons (Fsp3) is 0.273. The van der Waals surface area contributed by atoms with Gasteiger partial charge in [-0.2, -0.15) is 0 Å². The fourth-order valence-corrected chi connectivity index (χ4v) is 2.33. The largest absolute Gasteiger partial charge is 0.325 e. The highest BCUT2D eigenvalue weighted by Crippen LogP contribution is 2.27. The van der Waals surface area contributed by atoms with Crippen molar-refractivity contribution in [1.82, 2.24) is 0 Å². The number of hydrogen-bond acceptors (Lipinski definition) is 3. The number of hydrogen-bond donors (Lipinski definition) is 1. The van der Waals surface area contributed by atoms with Crippen molar-refractivity contribution < 1.29 is 9.22 Å². The van der Waals surface area contributed by atoms with Gasteiger partial charge in [0.1, 0.15) is 0 Å². The molecule has 3 heteroatoms. The Labute approximate surface area is 157 Å². The molecule has 0 unspecified atom stereocenters. The first-order valence-corrected chi connectivity index (χ1v) is 9.13. The number of fused-ring (bicyclic) bond motifs is 1. The summed E-state index contributed by atoms with van der Waals surface area (Å²) in [5.41, 5.74) is 3.69. The first kappa shape index (κ1) is 21.1. The standard InChI is InChI=1S/C17H14O2S.C3H8.C2H6/c1-12-2-4-13(5-3-12)14-6-7-16-11-17(18-19-20)9-8-15(16)10-14;1-3-2;1-2/h2-11,20H,1H3;3H2,1-2H3;1-2H3. The van der Waals surface area contributed by atoms with Gasteiger partial charge in [-0.15, -0.1) is 4.33 Å². The molecule has 0 aliphatic heterocycles. The van der Waals surface area contributed by atoms with Crippen LogP contribution in [0.2, 0.25) is 0 Å². The van der Waals surface area contributed by atoms with Crippen molar-refractivity contribution in [2.75, 3.05) is 0 Å². The van der Waals surface area contributed by atoms with Crippen molar-refractivity contribution >= 4 is 23.7 Å². The summed E-state index contributed by atoms with van der Waals surface area (Å²) >= 11 is 3.58. The summed E-state index contributed by atoms with van der Waals surface area (Å²) in [6, 6.07) is 20.7. The Morgan fingerprint density at radius 2 is 1.28 bits per heavy atom. The van der Waals surface area contributed by atoms with E-state index in [4.69, 9.17) is 4.89 Å².